The Morgan fingerprint density at radius 1 is 1.14 bits per heavy atom. The van der Waals surface area contributed by atoms with Gasteiger partial charge < -0.3 is 5.32 Å². The molecule has 5 nitrogen and oxygen atoms in total. The summed E-state index contributed by atoms with van der Waals surface area (Å²) in [4.78, 5) is 12.1. The zero-order valence-corrected chi connectivity index (χ0v) is 12.7. The van der Waals surface area contributed by atoms with Crippen LogP contribution in [0, 0.1) is 0 Å². The van der Waals surface area contributed by atoms with Crippen LogP contribution in [-0.2, 0) is 10.0 Å². The third kappa shape index (κ3) is 3.25. The SMILES string of the molecule is O=C(NC1CC1)c1ccccc1NS(=O)(=O)c1cccs1. The highest BCUT2D eigenvalue weighted by molar-refractivity contribution is 7.94. The van der Waals surface area contributed by atoms with Crippen LogP contribution in [0.15, 0.2) is 46.0 Å². The zero-order valence-electron chi connectivity index (χ0n) is 11.1. The van der Waals surface area contributed by atoms with E-state index in [-0.39, 0.29) is 16.2 Å². The van der Waals surface area contributed by atoms with Crippen molar-refractivity contribution in [3.05, 3.63) is 47.3 Å². The summed E-state index contributed by atoms with van der Waals surface area (Å²) >= 11 is 1.13. The Bertz CT molecular complexity index is 750. The van der Waals surface area contributed by atoms with E-state index >= 15 is 0 Å². The first-order valence-electron chi connectivity index (χ1n) is 6.52. The predicted molar refractivity (Wildman–Crippen MR) is 82.1 cm³/mol. The lowest BCUT2D eigenvalue weighted by molar-refractivity contribution is 0.0952. The molecule has 110 valence electrons. The number of nitrogens with one attached hydrogen (secondary N) is 2. The van der Waals surface area contributed by atoms with Gasteiger partial charge in [-0.15, -0.1) is 11.3 Å². The standard InChI is InChI=1S/C14H14N2O3S2/c17-14(15-10-7-8-10)11-4-1-2-5-12(11)16-21(18,19)13-6-3-9-20-13/h1-6,9-10,16H,7-8H2,(H,15,17). The lowest BCUT2D eigenvalue weighted by atomic mass is 10.1. The predicted octanol–water partition coefficient (Wildman–Crippen LogP) is 2.44. The fourth-order valence-corrected chi connectivity index (χ4v) is 3.94. The van der Waals surface area contributed by atoms with Crippen molar-refractivity contribution in [3.8, 4) is 0 Å². The highest BCUT2D eigenvalue weighted by atomic mass is 32.2. The van der Waals surface area contributed by atoms with Crippen molar-refractivity contribution >= 4 is 33.0 Å². The van der Waals surface area contributed by atoms with E-state index in [9.17, 15) is 13.2 Å². The van der Waals surface area contributed by atoms with Crippen molar-refractivity contribution in [2.24, 2.45) is 0 Å². The fourth-order valence-electron chi connectivity index (χ4n) is 1.87. The van der Waals surface area contributed by atoms with Gasteiger partial charge in [0.1, 0.15) is 4.21 Å². The second kappa shape index (κ2) is 5.50. The van der Waals surface area contributed by atoms with Gasteiger partial charge in [0.15, 0.2) is 0 Å². The van der Waals surface area contributed by atoms with E-state index in [1.54, 1.807) is 35.7 Å². The number of amides is 1. The van der Waals surface area contributed by atoms with Crippen molar-refractivity contribution in [3.63, 3.8) is 0 Å². The minimum absolute atomic E-state index is 0.222. The normalized spacial score (nSPS) is 14.7. The molecule has 2 aromatic rings. The summed E-state index contributed by atoms with van der Waals surface area (Å²) in [6.07, 6.45) is 1.96. The first-order valence-corrected chi connectivity index (χ1v) is 8.89. The lowest BCUT2D eigenvalue weighted by Gasteiger charge is -2.11. The second-order valence-electron chi connectivity index (χ2n) is 4.83. The molecular formula is C14H14N2O3S2. The molecule has 1 fully saturated rings. The number of hydrogen-bond acceptors (Lipinski definition) is 4. The van der Waals surface area contributed by atoms with Gasteiger partial charge in [-0.25, -0.2) is 8.42 Å². The van der Waals surface area contributed by atoms with E-state index in [0.29, 0.717) is 11.3 Å². The third-order valence-corrected chi connectivity index (χ3v) is 5.85. The number of anilines is 1. The van der Waals surface area contributed by atoms with Gasteiger partial charge >= 0.3 is 0 Å². The molecule has 0 aliphatic heterocycles. The van der Waals surface area contributed by atoms with Crippen LogP contribution in [0.25, 0.3) is 0 Å². The zero-order chi connectivity index (χ0) is 14.9. The van der Waals surface area contributed by atoms with Gasteiger partial charge in [-0.05, 0) is 36.4 Å². The van der Waals surface area contributed by atoms with Crippen LogP contribution in [0.2, 0.25) is 0 Å². The van der Waals surface area contributed by atoms with Crippen molar-refractivity contribution < 1.29 is 13.2 Å². The maximum absolute atomic E-state index is 12.2. The van der Waals surface area contributed by atoms with Crippen LogP contribution in [-0.4, -0.2) is 20.4 Å². The number of benzene rings is 1. The minimum Gasteiger partial charge on any atom is -0.349 e. The first-order chi connectivity index (χ1) is 10.1. The maximum Gasteiger partial charge on any atom is 0.271 e. The van der Waals surface area contributed by atoms with Crippen LogP contribution in [0.3, 0.4) is 0 Å². The molecule has 0 radical (unpaired) electrons. The second-order valence-corrected chi connectivity index (χ2v) is 7.69. The number of sulfonamides is 1. The Hall–Kier alpha value is -1.86. The summed E-state index contributed by atoms with van der Waals surface area (Å²) in [5.41, 5.74) is 0.633. The van der Waals surface area contributed by atoms with Gasteiger partial charge in [0.2, 0.25) is 0 Å². The number of carbonyl (C=O) groups is 1. The maximum atomic E-state index is 12.2. The monoisotopic (exact) mass is 322 g/mol. The molecule has 7 heteroatoms. The van der Waals surface area contributed by atoms with Gasteiger partial charge in [-0.2, -0.15) is 0 Å². The van der Waals surface area contributed by atoms with Crippen LogP contribution in [0.4, 0.5) is 5.69 Å². The summed E-state index contributed by atoms with van der Waals surface area (Å²) in [5, 5.41) is 4.55. The smallest absolute Gasteiger partial charge is 0.271 e. The van der Waals surface area contributed by atoms with Crippen molar-refractivity contribution in [1.82, 2.24) is 5.32 Å². The average Bonchev–Trinajstić information content (AvgIpc) is 3.07. The summed E-state index contributed by atoms with van der Waals surface area (Å²) in [7, 11) is -3.65. The topological polar surface area (TPSA) is 75.3 Å². The van der Waals surface area contributed by atoms with Gasteiger partial charge in [0.25, 0.3) is 15.9 Å². The van der Waals surface area contributed by atoms with Gasteiger partial charge in [0.05, 0.1) is 11.3 Å². The molecule has 1 heterocycles. The minimum atomic E-state index is -3.65. The number of rotatable bonds is 5. The summed E-state index contributed by atoms with van der Waals surface area (Å²) in [6, 6.07) is 10.0. The average molecular weight is 322 g/mol. The molecule has 1 aliphatic carbocycles. The Balaban J connectivity index is 1.87. The van der Waals surface area contributed by atoms with Gasteiger partial charge in [-0.3, -0.25) is 9.52 Å². The van der Waals surface area contributed by atoms with Crippen LogP contribution in [0.1, 0.15) is 23.2 Å². The molecule has 3 rings (SSSR count). The largest absolute Gasteiger partial charge is 0.349 e. The van der Waals surface area contributed by atoms with E-state index < -0.39 is 10.0 Å². The molecule has 1 aromatic carbocycles. The van der Waals surface area contributed by atoms with Crippen molar-refractivity contribution in [1.29, 1.82) is 0 Å². The summed E-state index contributed by atoms with van der Waals surface area (Å²) in [5.74, 6) is -0.248. The number of thiophene rings is 1. The molecule has 0 atom stereocenters. The fraction of sp³-hybridized carbons (Fsp3) is 0.214. The molecular weight excluding hydrogens is 308 g/mol. The molecule has 1 amide bonds. The van der Waals surface area contributed by atoms with Crippen LogP contribution >= 0.6 is 11.3 Å². The number of hydrogen-bond donors (Lipinski definition) is 2. The van der Waals surface area contributed by atoms with E-state index in [1.807, 2.05) is 0 Å². The van der Waals surface area contributed by atoms with Gasteiger partial charge in [0, 0.05) is 6.04 Å². The Morgan fingerprint density at radius 2 is 1.90 bits per heavy atom. The van der Waals surface area contributed by atoms with E-state index in [2.05, 4.69) is 10.0 Å². The molecule has 1 aliphatic rings. The van der Waals surface area contributed by atoms with Crippen LogP contribution in [0.5, 0.6) is 0 Å². The van der Waals surface area contributed by atoms with E-state index in [1.165, 1.54) is 6.07 Å². The number of carbonyl (C=O) groups excluding carboxylic acids is 1. The molecule has 0 bridgehead atoms. The summed E-state index contributed by atoms with van der Waals surface area (Å²) < 4.78 is 27.2. The Morgan fingerprint density at radius 3 is 2.57 bits per heavy atom. The van der Waals surface area contributed by atoms with Crippen molar-refractivity contribution in [2.75, 3.05) is 4.72 Å². The number of para-hydroxylation sites is 1. The molecule has 2 N–H and O–H groups in total. The quantitative estimate of drug-likeness (QED) is 0.888. The molecule has 0 spiro atoms. The highest BCUT2D eigenvalue weighted by Gasteiger charge is 2.25. The summed E-state index contributed by atoms with van der Waals surface area (Å²) in [6.45, 7) is 0. The van der Waals surface area contributed by atoms with Crippen LogP contribution < -0.4 is 10.0 Å². The molecule has 0 saturated heterocycles. The molecule has 1 aromatic heterocycles. The molecule has 0 unspecified atom stereocenters. The molecule has 21 heavy (non-hydrogen) atoms. The third-order valence-electron chi connectivity index (χ3n) is 3.09. The molecule has 1 saturated carbocycles. The van der Waals surface area contributed by atoms with E-state index in [0.717, 1.165) is 24.2 Å². The van der Waals surface area contributed by atoms with Gasteiger partial charge in [-0.1, -0.05) is 18.2 Å². The first kappa shape index (κ1) is 14.1. The van der Waals surface area contributed by atoms with Crippen molar-refractivity contribution in [2.45, 2.75) is 23.1 Å². The van der Waals surface area contributed by atoms with E-state index in [4.69, 9.17) is 0 Å². The Kier molecular flexibility index (Phi) is 3.69. The Labute approximate surface area is 127 Å². The lowest BCUT2D eigenvalue weighted by Crippen LogP contribution is -2.26. The highest BCUT2D eigenvalue weighted by Crippen LogP contribution is 2.24.